The van der Waals surface area contributed by atoms with Gasteiger partial charge in [-0.3, -0.25) is 0 Å². The molecule has 1 aliphatic rings. The van der Waals surface area contributed by atoms with Gasteiger partial charge in [-0.25, -0.2) is 0 Å². The molecule has 0 bridgehead atoms. The van der Waals surface area contributed by atoms with Gasteiger partial charge in [-0.2, -0.15) is 0 Å². The van der Waals surface area contributed by atoms with Crippen LogP contribution in [0.3, 0.4) is 0 Å². The average Bonchev–Trinajstić information content (AvgIpc) is 2.48. The van der Waals surface area contributed by atoms with Crippen molar-refractivity contribution in [2.24, 2.45) is 5.73 Å². The first kappa shape index (κ1) is 14.4. The maximum Gasteiger partial charge on any atom is 0.0400 e. The van der Waals surface area contributed by atoms with E-state index in [2.05, 4.69) is 47.9 Å². The summed E-state index contributed by atoms with van der Waals surface area (Å²) in [6.07, 6.45) is 2.03. The van der Waals surface area contributed by atoms with Crippen LogP contribution in [-0.4, -0.2) is 43.7 Å². The van der Waals surface area contributed by atoms with Crippen LogP contribution in [0.1, 0.15) is 25.8 Å². The molecule has 1 unspecified atom stereocenters. The largest absolute Gasteiger partial charge is 0.369 e. The Balaban J connectivity index is 2.07. The molecule has 0 spiro atoms. The molecule has 0 radical (unpaired) electrons. The summed E-state index contributed by atoms with van der Waals surface area (Å²) in [4.78, 5) is 5.03. The Kier molecular flexibility index (Phi) is 5.23. The van der Waals surface area contributed by atoms with Crippen molar-refractivity contribution in [3.8, 4) is 0 Å². The number of nitrogens with two attached hydrogens (primary N) is 1. The predicted molar refractivity (Wildman–Crippen MR) is 82.7 cm³/mol. The Morgan fingerprint density at radius 1 is 1.11 bits per heavy atom. The summed E-state index contributed by atoms with van der Waals surface area (Å²) in [6, 6.07) is 9.03. The second-order valence-corrected chi connectivity index (χ2v) is 5.42. The molecule has 0 saturated carbocycles. The number of piperazine rings is 1. The fourth-order valence-electron chi connectivity index (χ4n) is 2.72. The molecule has 1 heterocycles. The number of hydrogen-bond acceptors (Lipinski definition) is 3. The fraction of sp³-hybridized carbons (Fsp3) is 0.625. The summed E-state index contributed by atoms with van der Waals surface area (Å²) in [5.74, 6) is 0. The molecule has 2 N–H and O–H groups in total. The van der Waals surface area contributed by atoms with E-state index in [1.54, 1.807) is 0 Å². The Labute approximate surface area is 117 Å². The lowest BCUT2D eigenvalue weighted by Crippen LogP contribution is -2.46. The highest BCUT2D eigenvalue weighted by Gasteiger charge is 2.18. The van der Waals surface area contributed by atoms with E-state index in [0.29, 0.717) is 0 Å². The van der Waals surface area contributed by atoms with Gasteiger partial charge in [-0.05, 0) is 31.0 Å². The summed E-state index contributed by atoms with van der Waals surface area (Å²) >= 11 is 0. The van der Waals surface area contributed by atoms with E-state index in [9.17, 15) is 0 Å². The SMILES string of the molecule is CCC(N)Cc1ccccc1N1CCN(CC)CC1. The van der Waals surface area contributed by atoms with Crippen molar-refractivity contribution in [3.05, 3.63) is 29.8 Å². The first-order chi connectivity index (χ1) is 9.24. The molecule has 1 saturated heterocycles. The van der Waals surface area contributed by atoms with Crippen LogP contribution < -0.4 is 10.6 Å². The van der Waals surface area contributed by atoms with Crippen LogP contribution >= 0.6 is 0 Å². The molecule has 106 valence electrons. The number of benzene rings is 1. The van der Waals surface area contributed by atoms with Crippen molar-refractivity contribution < 1.29 is 0 Å². The van der Waals surface area contributed by atoms with Crippen LogP contribution in [0.4, 0.5) is 5.69 Å². The second kappa shape index (κ2) is 6.92. The van der Waals surface area contributed by atoms with Gasteiger partial charge in [0.2, 0.25) is 0 Å². The molecule has 0 aliphatic carbocycles. The third-order valence-corrected chi connectivity index (χ3v) is 4.16. The van der Waals surface area contributed by atoms with Crippen molar-refractivity contribution in [1.82, 2.24) is 4.90 Å². The highest BCUT2D eigenvalue weighted by atomic mass is 15.3. The summed E-state index contributed by atoms with van der Waals surface area (Å²) in [6.45, 7) is 10.2. The zero-order chi connectivity index (χ0) is 13.7. The highest BCUT2D eigenvalue weighted by molar-refractivity contribution is 5.54. The quantitative estimate of drug-likeness (QED) is 0.881. The van der Waals surface area contributed by atoms with E-state index >= 15 is 0 Å². The molecule has 3 heteroatoms. The minimum absolute atomic E-state index is 0.276. The number of rotatable bonds is 5. The average molecular weight is 261 g/mol. The van der Waals surface area contributed by atoms with Gasteiger partial charge in [0.05, 0.1) is 0 Å². The minimum atomic E-state index is 0.276. The van der Waals surface area contributed by atoms with Crippen molar-refractivity contribution in [2.75, 3.05) is 37.6 Å². The number of likely N-dealkylation sites (N-methyl/N-ethyl adjacent to an activating group) is 1. The molecule has 1 aromatic carbocycles. The van der Waals surface area contributed by atoms with Crippen molar-refractivity contribution in [2.45, 2.75) is 32.7 Å². The summed E-state index contributed by atoms with van der Waals surface area (Å²) < 4.78 is 0. The van der Waals surface area contributed by atoms with Gasteiger partial charge in [-0.15, -0.1) is 0 Å². The summed E-state index contributed by atoms with van der Waals surface area (Å²) in [7, 11) is 0. The molecule has 1 atom stereocenters. The monoisotopic (exact) mass is 261 g/mol. The van der Waals surface area contributed by atoms with Gasteiger partial charge in [0.25, 0.3) is 0 Å². The molecule has 19 heavy (non-hydrogen) atoms. The van der Waals surface area contributed by atoms with Crippen LogP contribution in [0, 0.1) is 0 Å². The van der Waals surface area contributed by atoms with Crippen LogP contribution in [0.5, 0.6) is 0 Å². The first-order valence-corrected chi connectivity index (χ1v) is 7.55. The Morgan fingerprint density at radius 2 is 1.79 bits per heavy atom. The summed E-state index contributed by atoms with van der Waals surface area (Å²) in [5, 5.41) is 0. The zero-order valence-electron chi connectivity index (χ0n) is 12.3. The van der Waals surface area contributed by atoms with E-state index in [-0.39, 0.29) is 6.04 Å². The van der Waals surface area contributed by atoms with E-state index < -0.39 is 0 Å². The molecule has 0 amide bonds. The maximum atomic E-state index is 6.12. The fourth-order valence-corrected chi connectivity index (χ4v) is 2.72. The van der Waals surface area contributed by atoms with Gasteiger partial charge >= 0.3 is 0 Å². The Hall–Kier alpha value is -1.06. The minimum Gasteiger partial charge on any atom is -0.369 e. The molecule has 2 rings (SSSR count). The van der Waals surface area contributed by atoms with E-state index in [4.69, 9.17) is 5.73 Å². The molecule has 1 aliphatic heterocycles. The number of hydrogen-bond donors (Lipinski definition) is 1. The van der Waals surface area contributed by atoms with Crippen molar-refractivity contribution in [3.63, 3.8) is 0 Å². The Morgan fingerprint density at radius 3 is 2.42 bits per heavy atom. The third-order valence-electron chi connectivity index (χ3n) is 4.16. The lowest BCUT2D eigenvalue weighted by Gasteiger charge is -2.36. The summed E-state index contributed by atoms with van der Waals surface area (Å²) in [5.41, 5.74) is 8.92. The van der Waals surface area contributed by atoms with Crippen molar-refractivity contribution in [1.29, 1.82) is 0 Å². The first-order valence-electron chi connectivity index (χ1n) is 7.55. The number of para-hydroxylation sites is 1. The Bertz CT molecular complexity index is 383. The van der Waals surface area contributed by atoms with Crippen molar-refractivity contribution >= 4 is 5.69 Å². The number of anilines is 1. The molecule has 1 fully saturated rings. The van der Waals surface area contributed by atoms with Gasteiger partial charge in [0, 0.05) is 37.9 Å². The smallest absolute Gasteiger partial charge is 0.0400 e. The highest BCUT2D eigenvalue weighted by Crippen LogP contribution is 2.23. The maximum absolute atomic E-state index is 6.12. The van der Waals surface area contributed by atoms with Crippen LogP contribution in [0.25, 0.3) is 0 Å². The zero-order valence-corrected chi connectivity index (χ0v) is 12.3. The van der Waals surface area contributed by atoms with Crippen LogP contribution in [0.2, 0.25) is 0 Å². The van der Waals surface area contributed by atoms with E-state index in [0.717, 1.165) is 32.5 Å². The molecular weight excluding hydrogens is 234 g/mol. The van der Waals surface area contributed by atoms with Crippen LogP contribution in [0.15, 0.2) is 24.3 Å². The van der Waals surface area contributed by atoms with E-state index in [1.165, 1.54) is 24.3 Å². The lowest BCUT2D eigenvalue weighted by molar-refractivity contribution is 0.271. The third kappa shape index (κ3) is 3.71. The standard InChI is InChI=1S/C16H27N3/c1-3-15(17)13-14-7-5-6-8-16(14)19-11-9-18(4-2)10-12-19/h5-8,15H,3-4,9-13,17H2,1-2H3. The predicted octanol–water partition coefficient (Wildman–Crippen LogP) is 2.11. The lowest BCUT2D eigenvalue weighted by atomic mass is 10.0. The molecule has 0 aromatic heterocycles. The molecule has 1 aromatic rings. The second-order valence-electron chi connectivity index (χ2n) is 5.42. The molecule has 3 nitrogen and oxygen atoms in total. The number of nitrogens with zero attached hydrogens (tertiary/aromatic N) is 2. The normalized spacial score (nSPS) is 18.6. The van der Waals surface area contributed by atoms with Gasteiger partial charge in [0.1, 0.15) is 0 Å². The van der Waals surface area contributed by atoms with Crippen LogP contribution in [-0.2, 0) is 6.42 Å². The van der Waals surface area contributed by atoms with Gasteiger partial charge in [0.15, 0.2) is 0 Å². The van der Waals surface area contributed by atoms with E-state index in [1.807, 2.05) is 0 Å². The topological polar surface area (TPSA) is 32.5 Å². The van der Waals surface area contributed by atoms with Gasteiger partial charge in [-0.1, -0.05) is 32.0 Å². The molecular formula is C16H27N3. The van der Waals surface area contributed by atoms with Gasteiger partial charge < -0.3 is 15.5 Å².